The molecule has 3 rings (SSSR count). The summed E-state index contributed by atoms with van der Waals surface area (Å²) in [5.74, 6) is 1.23. The van der Waals surface area contributed by atoms with E-state index in [0.717, 1.165) is 23.2 Å². The van der Waals surface area contributed by atoms with Gasteiger partial charge >= 0.3 is 0 Å². The van der Waals surface area contributed by atoms with Gasteiger partial charge in [0, 0.05) is 0 Å². The molecule has 0 N–H and O–H groups in total. The van der Waals surface area contributed by atoms with Crippen LogP contribution in [0.1, 0.15) is 31.4 Å². The summed E-state index contributed by atoms with van der Waals surface area (Å²) >= 11 is 6.75. The standard InChI is InChI=1S/C22H23NO3S2/c1-5-15(3)26-18-10-9-16(12-19(18)25-4)13-20-21(24)23(22(27)28-20)17-8-6-7-14(2)11-17/h6-13,15H,5H2,1-4H3/b20-13+/t15-/m0/s1. The third-order valence-corrected chi connectivity index (χ3v) is 5.74. The van der Waals surface area contributed by atoms with Crippen LogP contribution in [0.5, 0.6) is 11.5 Å². The largest absolute Gasteiger partial charge is 0.493 e. The predicted octanol–water partition coefficient (Wildman–Crippen LogP) is 5.59. The maximum atomic E-state index is 12.9. The minimum Gasteiger partial charge on any atom is -0.493 e. The van der Waals surface area contributed by atoms with Crippen LogP contribution in [0.4, 0.5) is 5.69 Å². The molecule has 6 heteroatoms. The smallest absolute Gasteiger partial charge is 0.270 e. The zero-order chi connectivity index (χ0) is 20.3. The van der Waals surface area contributed by atoms with E-state index in [9.17, 15) is 4.79 Å². The number of thiocarbonyl (C=S) groups is 1. The predicted molar refractivity (Wildman–Crippen MR) is 120 cm³/mol. The van der Waals surface area contributed by atoms with Crippen LogP contribution in [0.25, 0.3) is 6.08 Å². The highest BCUT2D eigenvalue weighted by Gasteiger charge is 2.33. The van der Waals surface area contributed by atoms with Crippen LogP contribution >= 0.6 is 24.0 Å². The lowest BCUT2D eigenvalue weighted by atomic mass is 10.1. The molecule has 4 nitrogen and oxygen atoms in total. The number of hydrogen-bond donors (Lipinski definition) is 0. The molecule has 0 radical (unpaired) electrons. The van der Waals surface area contributed by atoms with E-state index in [1.165, 1.54) is 11.8 Å². The first-order valence-electron chi connectivity index (χ1n) is 9.12. The number of aryl methyl sites for hydroxylation is 1. The van der Waals surface area contributed by atoms with Crippen LogP contribution < -0.4 is 14.4 Å². The van der Waals surface area contributed by atoms with Gasteiger partial charge in [0.15, 0.2) is 15.8 Å². The lowest BCUT2D eigenvalue weighted by Crippen LogP contribution is -2.27. The van der Waals surface area contributed by atoms with Crippen LogP contribution in [0, 0.1) is 6.92 Å². The molecule has 2 aromatic rings. The van der Waals surface area contributed by atoms with Crippen molar-refractivity contribution in [3.8, 4) is 11.5 Å². The monoisotopic (exact) mass is 413 g/mol. The topological polar surface area (TPSA) is 38.8 Å². The number of hydrogen-bond acceptors (Lipinski definition) is 5. The number of thioether (sulfide) groups is 1. The first-order valence-corrected chi connectivity index (χ1v) is 10.3. The Morgan fingerprint density at radius 3 is 2.68 bits per heavy atom. The molecule has 0 spiro atoms. The third kappa shape index (κ3) is 4.39. The molecule has 0 saturated carbocycles. The molecular weight excluding hydrogens is 390 g/mol. The van der Waals surface area contributed by atoms with Gasteiger partial charge in [-0.05, 0) is 61.7 Å². The molecule has 0 aromatic heterocycles. The zero-order valence-corrected chi connectivity index (χ0v) is 18.0. The molecule has 1 aliphatic heterocycles. The highest BCUT2D eigenvalue weighted by atomic mass is 32.2. The van der Waals surface area contributed by atoms with E-state index in [0.29, 0.717) is 20.7 Å². The van der Waals surface area contributed by atoms with Crippen LogP contribution in [-0.4, -0.2) is 23.4 Å². The Labute approximate surface area is 175 Å². The lowest BCUT2D eigenvalue weighted by molar-refractivity contribution is -0.113. The number of amides is 1. The first kappa shape index (κ1) is 20.4. The number of methoxy groups -OCH3 is 1. The molecule has 1 saturated heterocycles. The summed E-state index contributed by atoms with van der Waals surface area (Å²) in [6.45, 7) is 6.08. The minimum atomic E-state index is -0.112. The van der Waals surface area contributed by atoms with Crippen molar-refractivity contribution >= 4 is 46.0 Å². The van der Waals surface area contributed by atoms with Crippen molar-refractivity contribution in [3.05, 3.63) is 58.5 Å². The summed E-state index contributed by atoms with van der Waals surface area (Å²) in [6, 6.07) is 13.4. The summed E-state index contributed by atoms with van der Waals surface area (Å²) in [5, 5.41) is 0. The van der Waals surface area contributed by atoms with Crippen molar-refractivity contribution in [3.63, 3.8) is 0 Å². The number of carbonyl (C=O) groups is 1. The average Bonchev–Trinajstić information content (AvgIpc) is 2.95. The summed E-state index contributed by atoms with van der Waals surface area (Å²) in [5.41, 5.74) is 2.73. The number of anilines is 1. The molecule has 0 bridgehead atoms. The fourth-order valence-corrected chi connectivity index (χ4v) is 4.08. The first-order chi connectivity index (χ1) is 13.4. The molecule has 1 aliphatic rings. The molecule has 1 atom stereocenters. The van der Waals surface area contributed by atoms with E-state index in [4.69, 9.17) is 21.7 Å². The molecule has 1 amide bonds. The molecule has 28 heavy (non-hydrogen) atoms. The molecule has 1 heterocycles. The van der Waals surface area contributed by atoms with E-state index >= 15 is 0 Å². The fourth-order valence-electron chi connectivity index (χ4n) is 2.78. The van der Waals surface area contributed by atoms with Gasteiger partial charge in [-0.3, -0.25) is 9.69 Å². The number of nitrogens with zero attached hydrogens (tertiary/aromatic N) is 1. The Morgan fingerprint density at radius 2 is 2.00 bits per heavy atom. The van der Waals surface area contributed by atoms with Crippen LogP contribution in [0.3, 0.4) is 0 Å². The highest BCUT2D eigenvalue weighted by molar-refractivity contribution is 8.27. The quantitative estimate of drug-likeness (QED) is 0.456. The van der Waals surface area contributed by atoms with E-state index < -0.39 is 0 Å². The molecule has 146 valence electrons. The molecular formula is C22H23NO3S2. The van der Waals surface area contributed by atoms with Gasteiger partial charge < -0.3 is 9.47 Å². The van der Waals surface area contributed by atoms with Gasteiger partial charge in [-0.1, -0.05) is 49.1 Å². The Bertz CT molecular complexity index is 939. The van der Waals surface area contributed by atoms with Gasteiger partial charge in [-0.25, -0.2) is 0 Å². The van der Waals surface area contributed by atoms with Crippen molar-refractivity contribution < 1.29 is 14.3 Å². The summed E-state index contributed by atoms with van der Waals surface area (Å²) in [7, 11) is 1.61. The Balaban J connectivity index is 1.87. The van der Waals surface area contributed by atoms with Gasteiger partial charge in [-0.15, -0.1) is 0 Å². The van der Waals surface area contributed by atoms with Crippen LogP contribution in [-0.2, 0) is 4.79 Å². The van der Waals surface area contributed by atoms with Crippen molar-refractivity contribution in [2.75, 3.05) is 12.0 Å². The van der Waals surface area contributed by atoms with Crippen LogP contribution in [0.15, 0.2) is 47.4 Å². The van der Waals surface area contributed by atoms with Gasteiger partial charge in [0.1, 0.15) is 0 Å². The normalized spacial score (nSPS) is 16.6. The maximum Gasteiger partial charge on any atom is 0.270 e. The van der Waals surface area contributed by atoms with E-state index in [-0.39, 0.29) is 12.0 Å². The van der Waals surface area contributed by atoms with E-state index in [2.05, 4.69) is 6.92 Å². The summed E-state index contributed by atoms with van der Waals surface area (Å²) in [6.07, 6.45) is 2.85. The molecule has 1 fully saturated rings. The number of benzene rings is 2. The number of rotatable bonds is 6. The zero-order valence-electron chi connectivity index (χ0n) is 16.4. The highest BCUT2D eigenvalue weighted by Crippen LogP contribution is 2.37. The van der Waals surface area contributed by atoms with Gasteiger partial charge in [0.05, 0.1) is 23.8 Å². The molecule has 0 aliphatic carbocycles. The van der Waals surface area contributed by atoms with Crippen molar-refractivity contribution in [2.24, 2.45) is 0 Å². The van der Waals surface area contributed by atoms with Crippen molar-refractivity contribution in [2.45, 2.75) is 33.3 Å². The maximum absolute atomic E-state index is 12.9. The molecule has 2 aromatic carbocycles. The SMILES string of the molecule is CC[C@H](C)Oc1ccc(/C=C2/SC(=S)N(c3cccc(C)c3)C2=O)cc1OC. The second-order valence-electron chi connectivity index (χ2n) is 6.60. The molecule has 0 unspecified atom stereocenters. The van der Waals surface area contributed by atoms with Gasteiger partial charge in [-0.2, -0.15) is 0 Å². The summed E-state index contributed by atoms with van der Waals surface area (Å²) < 4.78 is 11.9. The van der Waals surface area contributed by atoms with Gasteiger partial charge in [0.25, 0.3) is 5.91 Å². The number of ether oxygens (including phenoxy) is 2. The van der Waals surface area contributed by atoms with Gasteiger partial charge in [0.2, 0.25) is 0 Å². The Hall–Kier alpha value is -2.31. The Kier molecular flexibility index (Phi) is 6.42. The second-order valence-corrected chi connectivity index (χ2v) is 8.28. The van der Waals surface area contributed by atoms with E-state index in [1.807, 2.05) is 62.4 Å². The number of carbonyl (C=O) groups excluding carboxylic acids is 1. The van der Waals surface area contributed by atoms with Crippen molar-refractivity contribution in [1.82, 2.24) is 0 Å². The van der Waals surface area contributed by atoms with Crippen molar-refractivity contribution in [1.29, 1.82) is 0 Å². The minimum absolute atomic E-state index is 0.102. The third-order valence-electron chi connectivity index (χ3n) is 4.44. The average molecular weight is 414 g/mol. The second kappa shape index (κ2) is 8.80. The van der Waals surface area contributed by atoms with E-state index in [1.54, 1.807) is 12.0 Å². The lowest BCUT2D eigenvalue weighted by Gasteiger charge is -2.16. The fraction of sp³-hybridized carbons (Fsp3) is 0.273. The van der Waals surface area contributed by atoms with Crippen LogP contribution in [0.2, 0.25) is 0 Å². The Morgan fingerprint density at radius 1 is 1.21 bits per heavy atom. The summed E-state index contributed by atoms with van der Waals surface area (Å²) in [4.78, 5) is 15.1.